The zero-order valence-electron chi connectivity index (χ0n) is 17.4. The maximum absolute atomic E-state index is 11.8. The Morgan fingerprint density at radius 3 is 2.41 bits per heavy atom. The van der Waals surface area contributed by atoms with Crippen molar-refractivity contribution < 1.29 is 28.6 Å². The summed E-state index contributed by atoms with van der Waals surface area (Å²) >= 11 is 6.22. The van der Waals surface area contributed by atoms with E-state index in [0.29, 0.717) is 22.1 Å². The lowest BCUT2D eigenvalue weighted by atomic mass is 10.1. The summed E-state index contributed by atoms with van der Waals surface area (Å²) in [5.74, 6) is -0.667. The molecule has 0 aliphatic carbocycles. The highest BCUT2D eigenvalue weighted by Crippen LogP contribution is 2.37. The van der Waals surface area contributed by atoms with Gasteiger partial charge in [0.2, 0.25) is 0 Å². The number of nitrogens with one attached hydrogen (secondary N) is 2. The number of rotatable bonds is 7. The van der Waals surface area contributed by atoms with Crippen molar-refractivity contribution in [3.63, 3.8) is 0 Å². The van der Waals surface area contributed by atoms with E-state index in [1.165, 1.54) is 13.2 Å². The van der Waals surface area contributed by atoms with Crippen LogP contribution in [0.25, 0.3) is 6.08 Å². The third kappa shape index (κ3) is 9.34. The molecule has 0 fully saturated rings. The summed E-state index contributed by atoms with van der Waals surface area (Å²) in [5.41, 5.74) is 0.0795. The highest BCUT2D eigenvalue weighted by Gasteiger charge is 2.16. The van der Waals surface area contributed by atoms with Gasteiger partial charge in [-0.15, -0.1) is 0 Å². The number of hydrogen-bond donors (Lipinski definition) is 2. The molecule has 1 aromatic rings. The van der Waals surface area contributed by atoms with Crippen LogP contribution in [0.5, 0.6) is 11.5 Å². The number of methoxy groups -OCH3 is 1. The molecule has 3 amide bonds. The summed E-state index contributed by atoms with van der Waals surface area (Å²) in [6.45, 7) is 8.44. The molecule has 0 aliphatic heterocycles. The SMILES string of the molecule is COc1cc(/C=C/C(=O)OCC(=O)NC(=O)NC(C)(C)C)cc(Cl)c1OC(C)C. The van der Waals surface area contributed by atoms with Crippen LogP contribution in [0.15, 0.2) is 18.2 Å². The van der Waals surface area contributed by atoms with Gasteiger partial charge < -0.3 is 19.5 Å². The Morgan fingerprint density at radius 1 is 1.21 bits per heavy atom. The lowest BCUT2D eigenvalue weighted by molar-refractivity contribution is -0.143. The minimum absolute atomic E-state index is 0.0885. The van der Waals surface area contributed by atoms with Gasteiger partial charge in [0.15, 0.2) is 18.1 Å². The Balaban J connectivity index is 2.65. The maximum Gasteiger partial charge on any atom is 0.331 e. The number of carbonyl (C=O) groups is 3. The van der Waals surface area contributed by atoms with Crippen LogP contribution in [0.1, 0.15) is 40.2 Å². The zero-order chi connectivity index (χ0) is 22.2. The van der Waals surface area contributed by atoms with Crippen molar-refractivity contribution >= 4 is 35.6 Å². The van der Waals surface area contributed by atoms with Crippen LogP contribution in [0.3, 0.4) is 0 Å². The van der Waals surface area contributed by atoms with Gasteiger partial charge in [-0.25, -0.2) is 9.59 Å². The summed E-state index contributed by atoms with van der Waals surface area (Å²) in [5, 5.41) is 4.96. The van der Waals surface area contributed by atoms with Gasteiger partial charge >= 0.3 is 12.0 Å². The fourth-order valence-corrected chi connectivity index (χ4v) is 2.33. The van der Waals surface area contributed by atoms with Crippen molar-refractivity contribution in [3.05, 3.63) is 28.8 Å². The van der Waals surface area contributed by atoms with E-state index >= 15 is 0 Å². The average Bonchev–Trinajstić information content (AvgIpc) is 2.57. The van der Waals surface area contributed by atoms with Gasteiger partial charge in [0.05, 0.1) is 18.2 Å². The van der Waals surface area contributed by atoms with E-state index in [4.69, 9.17) is 25.8 Å². The van der Waals surface area contributed by atoms with Crippen LogP contribution in [0.4, 0.5) is 4.79 Å². The molecule has 0 saturated carbocycles. The summed E-state index contributed by atoms with van der Waals surface area (Å²) in [4.78, 5) is 35.0. The minimum Gasteiger partial charge on any atom is -0.493 e. The van der Waals surface area contributed by atoms with Gasteiger partial charge in [-0.3, -0.25) is 10.1 Å². The molecule has 0 radical (unpaired) electrons. The number of urea groups is 1. The predicted molar refractivity (Wildman–Crippen MR) is 110 cm³/mol. The van der Waals surface area contributed by atoms with Crippen molar-refractivity contribution in [1.29, 1.82) is 0 Å². The topological polar surface area (TPSA) is 103 Å². The Bertz CT molecular complexity index is 784. The second-order valence-corrected chi connectivity index (χ2v) is 7.80. The van der Waals surface area contributed by atoms with Crippen LogP contribution in [-0.4, -0.2) is 43.3 Å². The van der Waals surface area contributed by atoms with Crippen molar-refractivity contribution in [2.75, 3.05) is 13.7 Å². The first kappa shape index (κ1) is 24.3. The van der Waals surface area contributed by atoms with Gasteiger partial charge in [0.1, 0.15) is 0 Å². The summed E-state index contributed by atoms with van der Waals surface area (Å²) < 4.78 is 15.7. The first-order valence-electron chi connectivity index (χ1n) is 8.92. The fourth-order valence-electron chi connectivity index (χ4n) is 2.07. The predicted octanol–water partition coefficient (Wildman–Crippen LogP) is 3.32. The Labute approximate surface area is 175 Å². The fraction of sp³-hybridized carbons (Fsp3) is 0.450. The number of benzene rings is 1. The van der Waals surface area contributed by atoms with E-state index in [1.807, 2.05) is 13.8 Å². The molecule has 1 rings (SSSR count). The number of halogens is 1. The van der Waals surface area contributed by atoms with Gasteiger partial charge in [0, 0.05) is 11.6 Å². The molecule has 0 heterocycles. The molecule has 0 saturated heterocycles. The lowest BCUT2D eigenvalue weighted by Gasteiger charge is -2.20. The van der Waals surface area contributed by atoms with Crippen LogP contribution in [-0.2, 0) is 14.3 Å². The molecule has 0 bridgehead atoms. The Morgan fingerprint density at radius 2 is 1.86 bits per heavy atom. The molecule has 29 heavy (non-hydrogen) atoms. The highest BCUT2D eigenvalue weighted by molar-refractivity contribution is 6.32. The quantitative estimate of drug-likeness (QED) is 0.512. The lowest BCUT2D eigenvalue weighted by Crippen LogP contribution is -2.49. The molecular weight excluding hydrogens is 400 g/mol. The van der Waals surface area contributed by atoms with Crippen molar-refractivity contribution in [1.82, 2.24) is 10.6 Å². The molecule has 9 heteroatoms. The first-order chi connectivity index (χ1) is 13.4. The summed E-state index contributed by atoms with van der Waals surface area (Å²) in [6.07, 6.45) is 2.51. The molecule has 8 nitrogen and oxygen atoms in total. The Kier molecular flexibility index (Phi) is 8.97. The zero-order valence-corrected chi connectivity index (χ0v) is 18.2. The van der Waals surface area contributed by atoms with E-state index in [9.17, 15) is 14.4 Å². The maximum atomic E-state index is 11.8. The minimum atomic E-state index is -0.756. The number of imide groups is 1. The normalized spacial score (nSPS) is 11.3. The van der Waals surface area contributed by atoms with Gasteiger partial charge in [-0.1, -0.05) is 11.6 Å². The number of hydrogen-bond acceptors (Lipinski definition) is 6. The van der Waals surface area contributed by atoms with Crippen molar-refractivity contribution in [2.45, 2.75) is 46.3 Å². The Hall–Kier alpha value is -2.74. The number of ether oxygens (including phenoxy) is 3. The number of esters is 1. The molecule has 0 aliphatic rings. The van der Waals surface area contributed by atoms with Crippen LogP contribution in [0.2, 0.25) is 5.02 Å². The molecular formula is C20H27ClN2O6. The summed E-state index contributed by atoms with van der Waals surface area (Å²) in [6, 6.07) is 2.59. The van der Waals surface area contributed by atoms with E-state index in [2.05, 4.69) is 10.6 Å². The van der Waals surface area contributed by atoms with Gasteiger partial charge in [0.25, 0.3) is 5.91 Å². The van der Waals surface area contributed by atoms with Crippen LogP contribution < -0.4 is 20.1 Å². The van der Waals surface area contributed by atoms with E-state index in [1.54, 1.807) is 32.9 Å². The first-order valence-corrected chi connectivity index (χ1v) is 9.30. The number of carbonyl (C=O) groups excluding carboxylic acids is 3. The molecule has 0 spiro atoms. The van der Waals surface area contributed by atoms with E-state index in [-0.39, 0.29) is 6.10 Å². The third-order valence-corrected chi connectivity index (χ3v) is 3.38. The molecule has 0 aromatic heterocycles. The standard InChI is InChI=1S/C20H27ClN2O6/c1-12(2)29-18-14(21)9-13(10-15(18)27-6)7-8-17(25)28-11-16(24)22-19(26)23-20(3,4)5/h7-10,12H,11H2,1-6H3,(H2,22,23,24,26)/b8-7+. The highest BCUT2D eigenvalue weighted by atomic mass is 35.5. The van der Waals surface area contributed by atoms with Crippen LogP contribution >= 0.6 is 11.6 Å². The molecule has 160 valence electrons. The molecule has 0 unspecified atom stereocenters. The van der Waals surface area contributed by atoms with Gasteiger partial charge in [-0.2, -0.15) is 0 Å². The molecule has 0 atom stereocenters. The van der Waals surface area contributed by atoms with E-state index < -0.39 is 30.1 Å². The van der Waals surface area contributed by atoms with Crippen LogP contribution in [0, 0.1) is 0 Å². The second-order valence-electron chi connectivity index (χ2n) is 7.39. The number of amides is 3. The largest absolute Gasteiger partial charge is 0.493 e. The second kappa shape index (κ2) is 10.7. The molecule has 2 N–H and O–H groups in total. The smallest absolute Gasteiger partial charge is 0.331 e. The summed E-state index contributed by atoms with van der Waals surface area (Å²) in [7, 11) is 1.48. The van der Waals surface area contributed by atoms with Crippen molar-refractivity contribution in [3.8, 4) is 11.5 Å². The monoisotopic (exact) mass is 426 g/mol. The van der Waals surface area contributed by atoms with Crippen molar-refractivity contribution in [2.24, 2.45) is 0 Å². The third-order valence-electron chi connectivity index (χ3n) is 3.10. The average molecular weight is 427 g/mol. The molecule has 1 aromatic carbocycles. The van der Waals surface area contributed by atoms with E-state index in [0.717, 1.165) is 6.08 Å². The van der Waals surface area contributed by atoms with Gasteiger partial charge in [-0.05, 0) is 58.4 Å².